The van der Waals surface area contributed by atoms with Crippen LogP contribution in [0.25, 0.3) is 0 Å². The lowest BCUT2D eigenvalue weighted by atomic mass is 10.3. The highest BCUT2D eigenvalue weighted by Crippen LogP contribution is 2.22. The SMILES string of the molecule is Cc1nc(NCCCN2CCOCC2)sc1CC(=O)O. The standard InChI is InChI=1S/C13H21N3O3S/c1-10-11(9-12(17)18)20-13(15-10)14-3-2-4-16-5-7-19-8-6-16/h2-9H2,1H3,(H,14,15)(H,17,18). The van der Waals surface area contributed by atoms with Crippen LogP contribution in [-0.2, 0) is 16.0 Å². The largest absolute Gasteiger partial charge is 0.481 e. The maximum atomic E-state index is 10.7. The first-order chi connectivity index (χ1) is 9.65. The molecule has 20 heavy (non-hydrogen) atoms. The van der Waals surface area contributed by atoms with Crippen molar-refractivity contribution in [1.82, 2.24) is 9.88 Å². The van der Waals surface area contributed by atoms with Crippen molar-refractivity contribution >= 4 is 22.4 Å². The summed E-state index contributed by atoms with van der Waals surface area (Å²) in [4.78, 5) is 18.3. The van der Waals surface area contributed by atoms with E-state index in [1.165, 1.54) is 11.3 Å². The number of rotatable bonds is 7. The van der Waals surface area contributed by atoms with E-state index in [2.05, 4.69) is 15.2 Å². The summed E-state index contributed by atoms with van der Waals surface area (Å²) in [5.74, 6) is -0.810. The molecule has 2 N–H and O–H groups in total. The fourth-order valence-corrected chi connectivity index (χ4v) is 3.11. The normalized spacial score (nSPS) is 16.2. The Morgan fingerprint density at radius 3 is 2.95 bits per heavy atom. The molecule has 1 aromatic heterocycles. The zero-order valence-electron chi connectivity index (χ0n) is 11.7. The molecule has 0 spiro atoms. The van der Waals surface area contributed by atoms with Crippen molar-refractivity contribution in [2.24, 2.45) is 0 Å². The van der Waals surface area contributed by atoms with Crippen LogP contribution in [0.1, 0.15) is 17.0 Å². The Kier molecular flexibility index (Phi) is 5.75. The molecule has 112 valence electrons. The first-order valence-corrected chi connectivity index (χ1v) is 7.69. The molecule has 6 nitrogen and oxygen atoms in total. The highest BCUT2D eigenvalue weighted by atomic mass is 32.1. The van der Waals surface area contributed by atoms with Gasteiger partial charge in [-0.1, -0.05) is 0 Å². The van der Waals surface area contributed by atoms with Gasteiger partial charge in [-0.25, -0.2) is 4.98 Å². The van der Waals surface area contributed by atoms with Crippen molar-refractivity contribution in [1.29, 1.82) is 0 Å². The number of nitrogens with zero attached hydrogens (tertiary/aromatic N) is 2. The van der Waals surface area contributed by atoms with Gasteiger partial charge in [0.15, 0.2) is 5.13 Å². The van der Waals surface area contributed by atoms with Crippen LogP contribution in [0.5, 0.6) is 0 Å². The molecule has 1 aromatic rings. The number of carboxylic acids is 1. The Balaban J connectivity index is 1.69. The number of aromatic nitrogens is 1. The number of aliphatic carboxylic acids is 1. The molecule has 1 saturated heterocycles. The van der Waals surface area contributed by atoms with E-state index in [9.17, 15) is 4.79 Å². The quantitative estimate of drug-likeness (QED) is 0.737. The Labute approximate surface area is 122 Å². The molecule has 2 rings (SSSR count). The number of anilines is 1. The predicted octanol–water partition coefficient (Wildman–Crippen LogP) is 1.21. The third-order valence-electron chi connectivity index (χ3n) is 3.24. The van der Waals surface area contributed by atoms with Crippen LogP contribution >= 0.6 is 11.3 Å². The van der Waals surface area contributed by atoms with Gasteiger partial charge in [-0.15, -0.1) is 11.3 Å². The zero-order valence-corrected chi connectivity index (χ0v) is 12.5. The van der Waals surface area contributed by atoms with Gasteiger partial charge in [-0.3, -0.25) is 9.69 Å². The molecule has 0 atom stereocenters. The molecule has 2 heterocycles. The smallest absolute Gasteiger partial charge is 0.308 e. The average Bonchev–Trinajstić information content (AvgIpc) is 2.76. The monoisotopic (exact) mass is 299 g/mol. The summed E-state index contributed by atoms with van der Waals surface area (Å²) in [6, 6.07) is 0. The summed E-state index contributed by atoms with van der Waals surface area (Å²) >= 11 is 1.44. The Hall–Kier alpha value is -1.18. The van der Waals surface area contributed by atoms with Crippen LogP contribution in [0.4, 0.5) is 5.13 Å². The van der Waals surface area contributed by atoms with Gasteiger partial charge in [0.05, 0.1) is 25.3 Å². The molecule has 0 bridgehead atoms. The minimum atomic E-state index is -0.810. The van der Waals surface area contributed by atoms with Crippen LogP contribution in [0.3, 0.4) is 0 Å². The second kappa shape index (κ2) is 7.56. The van der Waals surface area contributed by atoms with Crippen molar-refractivity contribution in [3.63, 3.8) is 0 Å². The number of thiazole rings is 1. The molecular formula is C13H21N3O3S. The highest BCUT2D eigenvalue weighted by Gasteiger charge is 2.11. The van der Waals surface area contributed by atoms with Crippen molar-refractivity contribution in [3.05, 3.63) is 10.6 Å². The highest BCUT2D eigenvalue weighted by molar-refractivity contribution is 7.15. The number of carbonyl (C=O) groups is 1. The maximum Gasteiger partial charge on any atom is 0.308 e. The molecule has 0 aliphatic carbocycles. The molecule has 7 heteroatoms. The van der Waals surface area contributed by atoms with Gasteiger partial charge in [-0.05, 0) is 19.9 Å². The van der Waals surface area contributed by atoms with Crippen LogP contribution in [-0.4, -0.2) is 60.4 Å². The first-order valence-electron chi connectivity index (χ1n) is 6.87. The summed E-state index contributed by atoms with van der Waals surface area (Å²) in [6.07, 6.45) is 1.10. The molecular weight excluding hydrogens is 278 g/mol. The van der Waals surface area contributed by atoms with Crippen LogP contribution in [0.15, 0.2) is 0 Å². The van der Waals surface area contributed by atoms with Gasteiger partial charge >= 0.3 is 5.97 Å². The topological polar surface area (TPSA) is 74.7 Å². The summed E-state index contributed by atoms with van der Waals surface area (Å²) < 4.78 is 5.31. The number of ether oxygens (including phenoxy) is 1. The lowest BCUT2D eigenvalue weighted by Crippen LogP contribution is -2.37. The number of carboxylic acid groups (broad SMARTS) is 1. The van der Waals surface area contributed by atoms with Crippen LogP contribution in [0, 0.1) is 6.92 Å². The van der Waals surface area contributed by atoms with E-state index in [1.807, 2.05) is 6.92 Å². The molecule has 0 aromatic carbocycles. The molecule has 1 aliphatic heterocycles. The molecule has 0 saturated carbocycles. The van der Waals surface area contributed by atoms with Gasteiger partial charge in [0.1, 0.15) is 0 Å². The Morgan fingerprint density at radius 1 is 1.50 bits per heavy atom. The van der Waals surface area contributed by atoms with E-state index >= 15 is 0 Å². The summed E-state index contributed by atoms with van der Waals surface area (Å²) in [7, 11) is 0. The van der Waals surface area contributed by atoms with E-state index in [0.29, 0.717) is 0 Å². The molecule has 0 unspecified atom stereocenters. The van der Waals surface area contributed by atoms with E-state index in [-0.39, 0.29) is 6.42 Å². The Bertz CT molecular complexity index is 444. The average molecular weight is 299 g/mol. The minimum absolute atomic E-state index is 0.0545. The molecule has 1 aliphatic rings. The lowest BCUT2D eigenvalue weighted by molar-refractivity contribution is -0.136. The minimum Gasteiger partial charge on any atom is -0.481 e. The van der Waals surface area contributed by atoms with E-state index in [0.717, 1.165) is 61.5 Å². The van der Waals surface area contributed by atoms with Crippen molar-refractivity contribution < 1.29 is 14.6 Å². The van der Waals surface area contributed by atoms with Gasteiger partial charge in [-0.2, -0.15) is 0 Å². The van der Waals surface area contributed by atoms with Crippen LogP contribution in [0.2, 0.25) is 0 Å². The van der Waals surface area contributed by atoms with Gasteiger partial charge in [0, 0.05) is 24.5 Å². The van der Waals surface area contributed by atoms with Crippen molar-refractivity contribution in [2.75, 3.05) is 44.7 Å². The number of morpholine rings is 1. The lowest BCUT2D eigenvalue weighted by Gasteiger charge is -2.26. The van der Waals surface area contributed by atoms with Gasteiger partial charge < -0.3 is 15.2 Å². The zero-order chi connectivity index (χ0) is 14.4. The summed E-state index contributed by atoms with van der Waals surface area (Å²) in [5.41, 5.74) is 0.813. The van der Waals surface area contributed by atoms with Gasteiger partial charge in [0.2, 0.25) is 0 Å². The third kappa shape index (κ3) is 4.73. The van der Waals surface area contributed by atoms with Gasteiger partial charge in [0.25, 0.3) is 0 Å². The predicted molar refractivity (Wildman–Crippen MR) is 78.6 cm³/mol. The Morgan fingerprint density at radius 2 is 2.25 bits per heavy atom. The second-order valence-corrected chi connectivity index (χ2v) is 5.92. The third-order valence-corrected chi connectivity index (χ3v) is 4.35. The van der Waals surface area contributed by atoms with E-state index < -0.39 is 5.97 Å². The summed E-state index contributed by atoms with van der Waals surface area (Å²) in [5, 5.41) is 12.9. The van der Waals surface area contributed by atoms with Crippen molar-refractivity contribution in [3.8, 4) is 0 Å². The fourth-order valence-electron chi connectivity index (χ4n) is 2.13. The van der Waals surface area contributed by atoms with Crippen LogP contribution < -0.4 is 5.32 Å². The van der Waals surface area contributed by atoms with E-state index in [4.69, 9.17) is 9.84 Å². The number of aryl methyl sites for hydroxylation is 1. The molecule has 0 radical (unpaired) electrons. The number of nitrogens with one attached hydrogen (secondary N) is 1. The maximum absolute atomic E-state index is 10.7. The van der Waals surface area contributed by atoms with E-state index in [1.54, 1.807) is 0 Å². The first kappa shape index (κ1) is 15.2. The molecule has 0 amide bonds. The number of hydrogen-bond acceptors (Lipinski definition) is 6. The number of hydrogen-bond donors (Lipinski definition) is 2. The second-order valence-electron chi connectivity index (χ2n) is 4.83. The molecule has 1 fully saturated rings. The fraction of sp³-hybridized carbons (Fsp3) is 0.692. The van der Waals surface area contributed by atoms with Crippen molar-refractivity contribution in [2.45, 2.75) is 19.8 Å². The summed E-state index contributed by atoms with van der Waals surface area (Å²) in [6.45, 7) is 7.46.